The maximum atomic E-state index is 5.21. The molecule has 1 aliphatic heterocycles. The van der Waals surface area contributed by atoms with Crippen molar-refractivity contribution >= 4 is 64.1 Å². The lowest BCUT2D eigenvalue weighted by Gasteiger charge is -2.35. The van der Waals surface area contributed by atoms with Crippen LogP contribution in [0.25, 0.3) is 92.3 Å². The normalized spacial score (nSPS) is 13.5. The van der Waals surface area contributed by atoms with E-state index < -0.39 is 0 Å². The molecule has 4 heteroatoms. The molecule has 0 radical (unpaired) electrons. The van der Waals surface area contributed by atoms with Gasteiger partial charge in [0, 0.05) is 53.1 Å². The molecule has 0 aliphatic carbocycles. The van der Waals surface area contributed by atoms with E-state index in [1.807, 2.05) is 23.5 Å². The predicted molar refractivity (Wildman–Crippen MR) is 215 cm³/mol. The van der Waals surface area contributed by atoms with Crippen molar-refractivity contribution in [1.29, 1.82) is 0 Å². The Kier molecular flexibility index (Phi) is 5.89. The van der Waals surface area contributed by atoms with Crippen LogP contribution in [0.4, 0.5) is 0 Å². The van der Waals surface area contributed by atoms with Gasteiger partial charge in [0.25, 0.3) is 0 Å². The standard InChI is InChI=1S/C47H31N3S/c1-47(2)35-26-31(46-48-37(28-13-5-3-6-14-28)27-38(49-46)29-15-7-4-8-16-29)21-23-39(35)50-44-34(22-24-41-43(44)33-19-11-12-20-40(33)51-41)42-32-18-10-9-17-30(32)25-36(47)45(42)50/h3-27H,1-2H3. The molecule has 0 fully saturated rings. The Balaban J connectivity index is 1.24. The Hall–Kier alpha value is -6.10. The number of hydrogen-bond donors (Lipinski definition) is 0. The minimum atomic E-state index is -0.285. The number of hydrogen-bond acceptors (Lipinski definition) is 3. The van der Waals surface area contributed by atoms with Gasteiger partial charge in [0.15, 0.2) is 5.82 Å². The Morgan fingerprint density at radius 3 is 1.90 bits per heavy atom. The van der Waals surface area contributed by atoms with Crippen molar-refractivity contribution in [3.63, 3.8) is 0 Å². The lowest BCUT2D eigenvalue weighted by Crippen LogP contribution is -2.26. The molecule has 3 nitrogen and oxygen atoms in total. The molecule has 7 aromatic carbocycles. The molecule has 3 aromatic heterocycles. The maximum absolute atomic E-state index is 5.21. The van der Waals surface area contributed by atoms with Crippen LogP contribution in [0, 0.1) is 0 Å². The molecule has 0 saturated heterocycles. The van der Waals surface area contributed by atoms with E-state index in [2.05, 4.69) is 158 Å². The fraction of sp³-hybridized carbons (Fsp3) is 0.0638. The third kappa shape index (κ3) is 4.05. The number of rotatable bonds is 3. The van der Waals surface area contributed by atoms with Crippen LogP contribution >= 0.6 is 11.3 Å². The van der Waals surface area contributed by atoms with E-state index in [1.165, 1.54) is 69.6 Å². The highest BCUT2D eigenvalue weighted by atomic mass is 32.1. The molecular weight excluding hydrogens is 639 g/mol. The van der Waals surface area contributed by atoms with Crippen LogP contribution in [-0.2, 0) is 5.41 Å². The zero-order valence-electron chi connectivity index (χ0n) is 28.2. The summed E-state index contributed by atoms with van der Waals surface area (Å²) in [5.74, 6) is 0.729. The van der Waals surface area contributed by atoms with Gasteiger partial charge in [0.2, 0.25) is 0 Å². The topological polar surface area (TPSA) is 30.7 Å². The van der Waals surface area contributed by atoms with Gasteiger partial charge in [0.1, 0.15) is 0 Å². The van der Waals surface area contributed by atoms with E-state index >= 15 is 0 Å². The van der Waals surface area contributed by atoms with Gasteiger partial charge in [0.05, 0.1) is 28.1 Å². The summed E-state index contributed by atoms with van der Waals surface area (Å²) in [4.78, 5) is 10.4. The molecule has 0 spiro atoms. The Bertz CT molecular complexity index is 2980. The summed E-state index contributed by atoms with van der Waals surface area (Å²) in [7, 11) is 0. The first kappa shape index (κ1) is 28.7. The average Bonchev–Trinajstić information content (AvgIpc) is 3.74. The van der Waals surface area contributed by atoms with Gasteiger partial charge in [-0.3, -0.25) is 0 Å². The highest BCUT2D eigenvalue weighted by Gasteiger charge is 2.37. The molecule has 0 amide bonds. The summed E-state index contributed by atoms with van der Waals surface area (Å²) in [5.41, 5.74) is 11.1. The van der Waals surface area contributed by atoms with Crippen LogP contribution in [0.3, 0.4) is 0 Å². The van der Waals surface area contributed by atoms with Gasteiger partial charge in [-0.25, -0.2) is 9.97 Å². The Labute approximate surface area is 299 Å². The SMILES string of the molecule is CC1(C)c2cc(-c3nc(-c4ccccc4)cc(-c4ccccc4)n3)ccc2-n2c3c1cc1ccccc1c3c1ccc3sc4ccccc4c3c12. The summed E-state index contributed by atoms with van der Waals surface area (Å²) in [6.07, 6.45) is 0. The van der Waals surface area contributed by atoms with Crippen molar-refractivity contribution in [2.45, 2.75) is 19.3 Å². The van der Waals surface area contributed by atoms with Crippen molar-refractivity contribution in [2.75, 3.05) is 0 Å². The summed E-state index contributed by atoms with van der Waals surface area (Å²) in [5, 5.41) is 7.86. The number of aromatic nitrogens is 3. The van der Waals surface area contributed by atoms with E-state index in [0.29, 0.717) is 0 Å². The number of nitrogens with zero attached hydrogens (tertiary/aromatic N) is 3. The van der Waals surface area contributed by atoms with Gasteiger partial charge >= 0.3 is 0 Å². The first-order valence-corrected chi connectivity index (χ1v) is 18.3. The summed E-state index contributed by atoms with van der Waals surface area (Å²) in [6, 6.07) is 54.7. The Morgan fingerprint density at radius 1 is 0.490 bits per heavy atom. The van der Waals surface area contributed by atoms with E-state index in [0.717, 1.165) is 33.9 Å². The molecule has 240 valence electrons. The molecule has 0 N–H and O–H groups in total. The van der Waals surface area contributed by atoms with Crippen molar-refractivity contribution in [2.24, 2.45) is 0 Å². The largest absolute Gasteiger partial charge is 0.308 e. The molecule has 1 aliphatic rings. The van der Waals surface area contributed by atoms with E-state index in [9.17, 15) is 0 Å². The van der Waals surface area contributed by atoms with Gasteiger partial charge in [-0.2, -0.15) is 0 Å². The third-order valence-electron chi connectivity index (χ3n) is 11.0. The van der Waals surface area contributed by atoms with E-state index in [-0.39, 0.29) is 5.41 Å². The number of fused-ring (bicyclic) bond motifs is 11. The fourth-order valence-corrected chi connectivity index (χ4v) is 9.62. The van der Waals surface area contributed by atoms with Crippen LogP contribution in [0.1, 0.15) is 25.0 Å². The van der Waals surface area contributed by atoms with Gasteiger partial charge in [-0.15, -0.1) is 11.3 Å². The first-order chi connectivity index (χ1) is 25.0. The van der Waals surface area contributed by atoms with Gasteiger partial charge in [-0.1, -0.05) is 123 Å². The van der Waals surface area contributed by atoms with Crippen LogP contribution in [-0.4, -0.2) is 14.5 Å². The van der Waals surface area contributed by atoms with Crippen molar-refractivity contribution in [3.05, 3.63) is 163 Å². The second-order valence-corrected chi connectivity index (χ2v) is 15.3. The molecule has 0 unspecified atom stereocenters. The smallest absolute Gasteiger partial charge is 0.160 e. The lowest BCUT2D eigenvalue weighted by atomic mass is 9.73. The van der Waals surface area contributed by atoms with Gasteiger partial charge < -0.3 is 4.57 Å². The molecule has 51 heavy (non-hydrogen) atoms. The maximum Gasteiger partial charge on any atom is 0.160 e. The lowest BCUT2D eigenvalue weighted by molar-refractivity contribution is 0.631. The summed E-state index contributed by atoms with van der Waals surface area (Å²) in [6.45, 7) is 4.76. The van der Waals surface area contributed by atoms with Crippen molar-refractivity contribution < 1.29 is 0 Å². The zero-order chi connectivity index (χ0) is 33.8. The molecule has 11 rings (SSSR count). The fourth-order valence-electron chi connectivity index (χ4n) is 8.51. The molecule has 10 aromatic rings. The second kappa shape index (κ2) is 10.5. The van der Waals surface area contributed by atoms with Crippen LogP contribution in [0.5, 0.6) is 0 Å². The highest BCUT2D eigenvalue weighted by molar-refractivity contribution is 7.26. The first-order valence-electron chi connectivity index (χ1n) is 17.5. The van der Waals surface area contributed by atoms with E-state index in [4.69, 9.17) is 9.97 Å². The van der Waals surface area contributed by atoms with Crippen molar-refractivity contribution in [3.8, 4) is 39.6 Å². The molecule has 0 saturated carbocycles. The number of thiophene rings is 1. The zero-order valence-corrected chi connectivity index (χ0v) is 29.0. The molecule has 4 heterocycles. The molecule has 0 atom stereocenters. The summed E-state index contributed by atoms with van der Waals surface area (Å²) >= 11 is 1.88. The van der Waals surface area contributed by atoms with Crippen LogP contribution in [0.2, 0.25) is 0 Å². The molecule has 0 bridgehead atoms. The quantitative estimate of drug-likeness (QED) is 0.187. The van der Waals surface area contributed by atoms with Crippen LogP contribution in [0.15, 0.2) is 152 Å². The van der Waals surface area contributed by atoms with E-state index in [1.54, 1.807) is 0 Å². The summed E-state index contributed by atoms with van der Waals surface area (Å²) < 4.78 is 5.21. The third-order valence-corrected chi connectivity index (χ3v) is 12.1. The minimum absolute atomic E-state index is 0.285. The highest BCUT2D eigenvalue weighted by Crippen LogP contribution is 2.52. The van der Waals surface area contributed by atoms with Gasteiger partial charge in [-0.05, 0) is 64.4 Å². The Morgan fingerprint density at radius 2 is 1.16 bits per heavy atom. The monoisotopic (exact) mass is 669 g/mol. The predicted octanol–water partition coefficient (Wildman–Crippen LogP) is 12.7. The van der Waals surface area contributed by atoms with Crippen LogP contribution < -0.4 is 0 Å². The number of benzene rings is 7. The second-order valence-electron chi connectivity index (χ2n) is 14.2. The molecular formula is C47H31N3S. The van der Waals surface area contributed by atoms with Crippen molar-refractivity contribution in [1.82, 2.24) is 14.5 Å². The average molecular weight is 670 g/mol. The minimum Gasteiger partial charge on any atom is -0.308 e.